The van der Waals surface area contributed by atoms with Crippen molar-refractivity contribution in [3.8, 4) is 0 Å². The predicted octanol–water partition coefficient (Wildman–Crippen LogP) is 4.20. The highest BCUT2D eigenvalue weighted by atomic mass is 19.2. The molecule has 0 radical (unpaired) electrons. The van der Waals surface area contributed by atoms with Crippen LogP contribution in [0.25, 0.3) is 6.08 Å². The third kappa shape index (κ3) is 4.67. The van der Waals surface area contributed by atoms with E-state index in [0.717, 1.165) is 11.6 Å². The number of morpholine rings is 1. The summed E-state index contributed by atoms with van der Waals surface area (Å²) in [5.74, 6) is -5.70. The van der Waals surface area contributed by atoms with Crippen LogP contribution in [0.3, 0.4) is 0 Å². The van der Waals surface area contributed by atoms with Gasteiger partial charge >= 0.3 is 0 Å². The molecule has 0 unspecified atom stereocenters. The number of rotatable bonds is 6. The lowest BCUT2D eigenvalue weighted by molar-refractivity contribution is 0.0435. The standard InChI is InChI=1S/C20H20F4N2O/c21-16-15(7-4-8-26-9-11-27-12-10-26)17(22)19(24)20(18(16)23)25-13-14-5-2-1-3-6-14/h1-7,25H,8-13H2. The van der Waals surface area contributed by atoms with E-state index in [1.54, 1.807) is 30.3 Å². The number of nitrogens with one attached hydrogen (secondary N) is 1. The average Bonchev–Trinajstić information content (AvgIpc) is 2.70. The molecular weight excluding hydrogens is 360 g/mol. The van der Waals surface area contributed by atoms with Gasteiger partial charge in [-0.05, 0) is 5.56 Å². The van der Waals surface area contributed by atoms with Gasteiger partial charge in [0.05, 0.1) is 18.8 Å². The summed E-state index contributed by atoms with van der Waals surface area (Å²) in [4.78, 5) is 2.01. The number of halogens is 4. The van der Waals surface area contributed by atoms with Gasteiger partial charge in [0.2, 0.25) is 0 Å². The van der Waals surface area contributed by atoms with E-state index in [-0.39, 0.29) is 6.54 Å². The lowest BCUT2D eigenvalue weighted by Crippen LogP contribution is -2.36. The van der Waals surface area contributed by atoms with Gasteiger partial charge < -0.3 is 10.1 Å². The monoisotopic (exact) mass is 380 g/mol. The van der Waals surface area contributed by atoms with Gasteiger partial charge in [-0.3, -0.25) is 4.90 Å². The van der Waals surface area contributed by atoms with Gasteiger partial charge in [0, 0.05) is 26.2 Å². The van der Waals surface area contributed by atoms with Crippen molar-refractivity contribution >= 4 is 11.8 Å². The lowest BCUT2D eigenvalue weighted by atomic mass is 10.1. The smallest absolute Gasteiger partial charge is 0.185 e. The number of hydrogen-bond acceptors (Lipinski definition) is 3. The molecule has 2 aromatic rings. The third-order valence-corrected chi connectivity index (χ3v) is 4.36. The van der Waals surface area contributed by atoms with E-state index in [1.807, 2.05) is 4.90 Å². The first-order chi connectivity index (χ1) is 13.1. The van der Waals surface area contributed by atoms with Crippen LogP contribution >= 0.6 is 0 Å². The van der Waals surface area contributed by atoms with Crippen LogP contribution in [0.15, 0.2) is 36.4 Å². The maximum absolute atomic E-state index is 14.3. The summed E-state index contributed by atoms with van der Waals surface area (Å²) in [6.45, 7) is 3.02. The van der Waals surface area contributed by atoms with E-state index in [1.165, 1.54) is 6.08 Å². The molecule has 1 aliphatic heterocycles. The molecule has 3 rings (SSSR count). The second-order valence-electron chi connectivity index (χ2n) is 6.20. The lowest BCUT2D eigenvalue weighted by Gasteiger charge is -2.25. The normalized spacial score (nSPS) is 15.4. The van der Waals surface area contributed by atoms with Crippen LogP contribution in [0.1, 0.15) is 11.1 Å². The molecule has 1 N–H and O–H groups in total. The molecule has 3 nitrogen and oxygen atoms in total. The number of hydrogen-bond donors (Lipinski definition) is 1. The molecule has 1 fully saturated rings. The molecule has 1 aliphatic rings. The van der Waals surface area contributed by atoms with Gasteiger partial charge in [0.15, 0.2) is 23.3 Å². The van der Waals surface area contributed by atoms with Gasteiger partial charge in [0.1, 0.15) is 5.69 Å². The highest BCUT2D eigenvalue weighted by molar-refractivity contribution is 5.59. The topological polar surface area (TPSA) is 24.5 Å². The minimum absolute atomic E-state index is 0.0414. The zero-order valence-corrected chi connectivity index (χ0v) is 14.7. The summed E-state index contributed by atoms with van der Waals surface area (Å²) in [7, 11) is 0. The third-order valence-electron chi connectivity index (χ3n) is 4.36. The van der Waals surface area contributed by atoms with Gasteiger partial charge in [0.25, 0.3) is 0 Å². The van der Waals surface area contributed by atoms with Crippen molar-refractivity contribution in [1.82, 2.24) is 4.90 Å². The number of ether oxygens (including phenoxy) is 1. The van der Waals surface area contributed by atoms with E-state index in [2.05, 4.69) is 5.32 Å². The predicted molar refractivity (Wildman–Crippen MR) is 96.3 cm³/mol. The first kappa shape index (κ1) is 19.4. The van der Waals surface area contributed by atoms with Crippen molar-refractivity contribution in [3.05, 3.63) is 70.8 Å². The Kier molecular flexibility index (Phi) is 6.47. The molecule has 7 heteroatoms. The van der Waals surface area contributed by atoms with Crippen molar-refractivity contribution in [2.24, 2.45) is 0 Å². The molecule has 1 heterocycles. The maximum atomic E-state index is 14.3. The summed E-state index contributed by atoms with van der Waals surface area (Å²) >= 11 is 0. The summed E-state index contributed by atoms with van der Waals surface area (Å²) < 4.78 is 62.4. The fourth-order valence-electron chi connectivity index (χ4n) is 2.84. The number of nitrogens with zero attached hydrogens (tertiary/aromatic N) is 1. The van der Waals surface area contributed by atoms with Crippen LogP contribution in [0.2, 0.25) is 0 Å². The molecule has 144 valence electrons. The quantitative estimate of drug-likeness (QED) is 0.601. The second kappa shape index (κ2) is 9.01. The largest absolute Gasteiger partial charge is 0.379 e. The van der Waals surface area contributed by atoms with Crippen LogP contribution in [0.4, 0.5) is 23.2 Å². The molecular formula is C20H20F4N2O. The van der Waals surface area contributed by atoms with E-state index in [0.29, 0.717) is 32.8 Å². The summed E-state index contributed by atoms with van der Waals surface area (Å²) in [6, 6.07) is 8.78. The molecule has 0 aromatic heterocycles. The summed E-state index contributed by atoms with van der Waals surface area (Å²) in [5, 5.41) is 2.44. The first-order valence-electron chi connectivity index (χ1n) is 8.68. The van der Waals surface area contributed by atoms with E-state index in [4.69, 9.17) is 4.74 Å². The van der Waals surface area contributed by atoms with Crippen LogP contribution in [-0.2, 0) is 11.3 Å². The van der Waals surface area contributed by atoms with Crippen molar-refractivity contribution in [1.29, 1.82) is 0 Å². The van der Waals surface area contributed by atoms with E-state index < -0.39 is 34.5 Å². The Morgan fingerprint density at radius 2 is 1.56 bits per heavy atom. The van der Waals surface area contributed by atoms with Crippen molar-refractivity contribution < 1.29 is 22.3 Å². The highest BCUT2D eigenvalue weighted by Crippen LogP contribution is 2.29. The highest BCUT2D eigenvalue weighted by Gasteiger charge is 2.24. The van der Waals surface area contributed by atoms with Crippen LogP contribution < -0.4 is 5.32 Å². The molecule has 0 aliphatic carbocycles. The Labute approximate surface area is 155 Å². The fraction of sp³-hybridized carbons (Fsp3) is 0.300. The Morgan fingerprint density at radius 1 is 0.926 bits per heavy atom. The van der Waals surface area contributed by atoms with Crippen molar-refractivity contribution in [2.75, 3.05) is 38.2 Å². The molecule has 27 heavy (non-hydrogen) atoms. The van der Waals surface area contributed by atoms with Crippen LogP contribution in [0, 0.1) is 23.3 Å². The average molecular weight is 380 g/mol. The molecule has 0 spiro atoms. The summed E-state index contributed by atoms with van der Waals surface area (Å²) in [6.07, 6.45) is 2.57. The Bertz CT molecular complexity index is 776. The minimum Gasteiger partial charge on any atom is -0.379 e. The van der Waals surface area contributed by atoms with Crippen LogP contribution in [0.5, 0.6) is 0 Å². The first-order valence-corrected chi connectivity index (χ1v) is 8.68. The van der Waals surface area contributed by atoms with Gasteiger partial charge in [-0.1, -0.05) is 42.5 Å². The number of benzene rings is 2. The SMILES string of the molecule is Fc1c(F)c(NCc2ccccc2)c(F)c(F)c1C=CCN1CCOCC1. The Morgan fingerprint density at radius 3 is 2.19 bits per heavy atom. The Balaban J connectivity index is 1.76. The van der Waals surface area contributed by atoms with Crippen molar-refractivity contribution in [2.45, 2.75) is 6.54 Å². The summed E-state index contributed by atoms with van der Waals surface area (Å²) in [5.41, 5.74) is -0.797. The van der Waals surface area contributed by atoms with Gasteiger partial charge in [-0.25, -0.2) is 17.6 Å². The zero-order chi connectivity index (χ0) is 19.2. The van der Waals surface area contributed by atoms with Crippen molar-refractivity contribution in [3.63, 3.8) is 0 Å². The minimum atomic E-state index is -1.43. The molecule has 0 amide bonds. The second-order valence-corrected chi connectivity index (χ2v) is 6.20. The molecule has 0 atom stereocenters. The van der Waals surface area contributed by atoms with Gasteiger partial charge in [-0.15, -0.1) is 0 Å². The van der Waals surface area contributed by atoms with Gasteiger partial charge in [-0.2, -0.15) is 0 Å². The maximum Gasteiger partial charge on any atom is 0.185 e. The number of anilines is 1. The molecule has 1 saturated heterocycles. The molecule has 0 saturated carbocycles. The molecule has 2 aromatic carbocycles. The Hall–Kier alpha value is -2.38. The zero-order valence-electron chi connectivity index (χ0n) is 14.7. The fourth-order valence-corrected chi connectivity index (χ4v) is 2.84. The van der Waals surface area contributed by atoms with Crippen LogP contribution in [-0.4, -0.2) is 37.7 Å². The van der Waals surface area contributed by atoms with E-state index in [9.17, 15) is 17.6 Å². The molecule has 0 bridgehead atoms. The van der Waals surface area contributed by atoms with E-state index >= 15 is 0 Å².